The Morgan fingerprint density at radius 2 is 1.37 bits per heavy atom. The van der Waals surface area contributed by atoms with Crippen LogP contribution in [0.4, 0.5) is 9.59 Å². The summed E-state index contributed by atoms with van der Waals surface area (Å²) in [5, 5.41) is 2.70. The normalized spacial score (nSPS) is 17.5. The van der Waals surface area contributed by atoms with Crippen molar-refractivity contribution in [2.75, 3.05) is 20.2 Å². The van der Waals surface area contributed by atoms with E-state index in [-0.39, 0.29) is 18.0 Å². The van der Waals surface area contributed by atoms with Gasteiger partial charge in [-0.3, -0.25) is 9.69 Å². The second-order valence-electron chi connectivity index (χ2n) is 12.8. The van der Waals surface area contributed by atoms with E-state index in [1.165, 1.54) is 7.11 Å². The van der Waals surface area contributed by atoms with Gasteiger partial charge >= 0.3 is 12.2 Å². The molecule has 5 heterocycles. The molecular formula is C38H39N9O5. The summed E-state index contributed by atoms with van der Waals surface area (Å²) in [5.74, 6) is 2.07. The lowest BCUT2D eigenvalue weighted by atomic mass is 10.1. The van der Waals surface area contributed by atoms with Crippen LogP contribution in [0.2, 0.25) is 0 Å². The van der Waals surface area contributed by atoms with Crippen LogP contribution in [0.3, 0.4) is 0 Å². The number of carbonyl (C=O) groups is 3. The van der Waals surface area contributed by atoms with Crippen LogP contribution < -0.4 is 5.32 Å². The fraction of sp³-hybridized carbons (Fsp3) is 0.289. The number of nitrogens with one attached hydrogen (secondary N) is 3. The van der Waals surface area contributed by atoms with E-state index >= 15 is 0 Å². The van der Waals surface area contributed by atoms with E-state index in [1.54, 1.807) is 41.5 Å². The summed E-state index contributed by atoms with van der Waals surface area (Å²) in [6.07, 6.45) is 9.09. The van der Waals surface area contributed by atoms with Crippen LogP contribution >= 0.6 is 0 Å². The lowest BCUT2D eigenvalue weighted by Crippen LogP contribution is -2.42. The lowest BCUT2D eigenvalue weighted by molar-refractivity contribution is -0.134. The molecule has 3 aromatic heterocycles. The Balaban J connectivity index is 1.02. The van der Waals surface area contributed by atoms with Crippen LogP contribution in [0.15, 0.2) is 91.7 Å². The number of alkyl carbamates (subject to hydrolysis) is 1. The Bertz CT molecular complexity index is 2060. The van der Waals surface area contributed by atoms with Gasteiger partial charge < -0.3 is 29.7 Å². The molecule has 14 heteroatoms. The van der Waals surface area contributed by atoms with Gasteiger partial charge in [0, 0.05) is 36.6 Å². The van der Waals surface area contributed by atoms with Gasteiger partial charge in [-0.05, 0) is 43.7 Å². The Morgan fingerprint density at radius 1 is 0.788 bits per heavy atom. The third-order valence-electron chi connectivity index (χ3n) is 9.35. The number of hydrogen-bond donors (Lipinski definition) is 3. The van der Waals surface area contributed by atoms with Crippen molar-refractivity contribution in [3.8, 4) is 33.9 Å². The molecule has 0 aliphatic carbocycles. The molecule has 0 spiro atoms. The smallest absolute Gasteiger partial charge is 0.415 e. The molecule has 3 amide bonds. The zero-order valence-corrected chi connectivity index (χ0v) is 28.9. The SMILES string of the molecule is C=C(C)OC(=O)N1CCC[C@H]1c1ncc(-c2cnc(-c3ccc(-c4cnc([C@@H]5CCCN5C(=O)[C@H](NC(=O)OC)c5ccccc5)[nH]4)cc3)nc2)[nH]1. The number of allylic oxidation sites excluding steroid dienone is 1. The van der Waals surface area contributed by atoms with E-state index in [4.69, 9.17) is 9.47 Å². The number of methoxy groups -OCH3 is 1. The summed E-state index contributed by atoms with van der Waals surface area (Å²) < 4.78 is 10.0. The summed E-state index contributed by atoms with van der Waals surface area (Å²) in [4.78, 5) is 67.1. The van der Waals surface area contributed by atoms with E-state index in [1.807, 2.05) is 54.6 Å². The summed E-state index contributed by atoms with van der Waals surface area (Å²) in [6, 6.07) is 15.6. The highest BCUT2D eigenvalue weighted by atomic mass is 16.6. The number of H-pyrrole nitrogens is 2. The van der Waals surface area contributed by atoms with Gasteiger partial charge in [0.15, 0.2) is 5.82 Å². The lowest BCUT2D eigenvalue weighted by Gasteiger charge is -2.28. The maximum atomic E-state index is 13.8. The van der Waals surface area contributed by atoms with Crippen molar-refractivity contribution in [3.05, 3.63) is 109 Å². The van der Waals surface area contributed by atoms with E-state index in [0.717, 1.165) is 53.8 Å². The number of ether oxygens (including phenoxy) is 2. The summed E-state index contributed by atoms with van der Waals surface area (Å²) in [7, 11) is 1.28. The number of likely N-dealkylation sites (tertiary alicyclic amines) is 2. The second-order valence-corrected chi connectivity index (χ2v) is 12.8. The molecule has 2 aliphatic heterocycles. The molecule has 0 bridgehead atoms. The van der Waals surface area contributed by atoms with Crippen molar-refractivity contribution in [1.82, 2.24) is 45.0 Å². The largest absolute Gasteiger partial charge is 0.453 e. The molecule has 0 saturated carbocycles. The van der Waals surface area contributed by atoms with Crippen molar-refractivity contribution < 1.29 is 23.9 Å². The number of imidazole rings is 2. The van der Waals surface area contributed by atoms with Crippen LogP contribution in [0.25, 0.3) is 33.9 Å². The van der Waals surface area contributed by atoms with Crippen LogP contribution in [-0.2, 0) is 14.3 Å². The molecular weight excluding hydrogens is 662 g/mol. The van der Waals surface area contributed by atoms with E-state index in [2.05, 4.69) is 41.8 Å². The molecule has 266 valence electrons. The third kappa shape index (κ3) is 7.13. The van der Waals surface area contributed by atoms with Gasteiger partial charge in [-0.25, -0.2) is 29.5 Å². The Labute approximate surface area is 300 Å². The van der Waals surface area contributed by atoms with E-state index < -0.39 is 18.2 Å². The molecule has 3 N–H and O–H groups in total. The standard InChI is InChI=1S/C38H39N9O5/c1-23(2)52-38(50)47-18-8-12-31(47)35-42-22-29(44-35)27-19-39-33(40-20-27)26-15-13-24(14-16-26)28-21-41-34(43-28)30-11-7-17-46(30)36(48)32(45-37(49)51-3)25-9-5-4-6-10-25/h4-6,9-10,13-16,19-22,30-32H,1,7-8,11-12,17-18H2,2-3H3,(H,41,43)(H,42,44)(H,45,49)/t30-,31-,32+/m0/s1. The van der Waals surface area contributed by atoms with Crippen LogP contribution in [0, 0.1) is 0 Å². The zero-order valence-electron chi connectivity index (χ0n) is 28.9. The van der Waals surface area contributed by atoms with Crippen molar-refractivity contribution in [2.24, 2.45) is 0 Å². The van der Waals surface area contributed by atoms with Crippen LogP contribution in [0.1, 0.15) is 67.9 Å². The van der Waals surface area contributed by atoms with Gasteiger partial charge in [0.1, 0.15) is 17.7 Å². The molecule has 14 nitrogen and oxygen atoms in total. The molecule has 2 fully saturated rings. The van der Waals surface area contributed by atoms with Gasteiger partial charge in [-0.2, -0.15) is 0 Å². The molecule has 3 atom stereocenters. The predicted molar refractivity (Wildman–Crippen MR) is 191 cm³/mol. The molecule has 2 saturated heterocycles. The van der Waals surface area contributed by atoms with E-state index in [9.17, 15) is 14.4 Å². The minimum Gasteiger partial charge on any atom is -0.453 e. The van der Waals surface area contributed by atoms with Gasteiger partial charge in [0.25, 0.3) is 5.91 Å². The molecule has 5 aromatic rings. The monoisotopic (exact) mass is 701 g/mol. The number of nitrogens with zero attached hydrogens (tertiary/aromatic N) is 6. The minimum atomic E-state index is -0.883. The molecule has 7 rings (SSSR count). The quantitative estimate of drug-likeness (QED) is 0.145. The maximum absolute atomic E-state index is 13.8. The van der Waals surface area contributed by atoms with Gasteiger partial charge in [-0.15, -0.1) is 0 Å². The summed E-state index contributed by atoms with van der Waals surface area (Å²) in [5.41, 5.74) is 4.78. The number of aromatic nitrogens is 6. The third-order valence-corrected chi connectivity index (χ3v) is 9.35. The Kier molecular flexibility index (Phi) is 9.78. The first kappa shape index (κ1) is 34.2. The highest BCUT2D eigenvalue weighted by Gasteiger charge is 2.37. The first-order valence-electron chi connectivity index (χ1n) is 17.2. The Morgan fingerprint density at radius 3 is 1.98 bits per heavy atom. The maximum Gasteiger partial charge on any atom is 0.415 e. The topological polar surface area (TPSA) is 171 Å². The minimum absolute atomic E-state index is 0.202. The second kappa shape index (κ2) is 14.9. The molecule has 2 aromatic carbocycles. The van der Waals surface area contributed by atoms with Crippen molar-refractivity contribution in [3.63, 3.8) is 0 Å². The number of benzene rings is 2. The fourth-order valence-corrected chi connectivity index (χ4v) is 6.79. The molecule has 0 unspecified atom stereocenters. The number of rotatable bonds is 9. The highest BCUT2D eigenvalue weighted by Crippen LogP contribution is 2.35. The average Bonchev–Trinajstić information content (AvgIpc) is 4.00. The molecule has 2 aliphatic rings. The first-order valence-corrected chi connectivity index (χ1v) is 17.2. The zero-order chi connectivity index (χ0) is 36.2. The molecule has 0 radical (unpaired) electrons. The van der Waals surface area contributed by atoms with Crippen molar-refractivity contribution in [2.45, 2.75) is 50.7 Å². The fourth-order valence-electron chi connectivity index (χ4n) is 6.79. The van der Waals surface area contributed by atoms with Gasteiger partial charge in [0.2, 0.25) is 0 Å². The van der Waals surface area contributed by atoms with Crippen molar-refractivity contribution >= 4 is 18.1 Å². The predicted octanol–water partition coefficient (Wildman–Crippen LogP) is 6.49. The number of aromatic amines is 2. The van der Waals surface area contributed by atoms with Crippen LogP contribution in [-0.4, -0.2) is 78.0 Å². The highest BCUT2D eigenvalue weighted by molar-refractivity contribution is 5.87. The number of amides is 3. The van der Waals surface area contributed by atoms with Gasteiger partial charge in [-0.1, -0.05) is 61.2 Å². The van der Waals surface area contributed by atoms with Crippen molar-refractivity contribution in [1.29, 1.82) is 0 Å². The van der Waals surface area contributed by atoms with E-state index in [0.29, 0.717) is 41.9 Å². The number of carbonyl (C=O) groups excluding carboxylic acids is 3. The molecule has 52 heavy (non-hydrogen) atoms. The summed E-state index contributed by atoms with van der Waals surface area (Å²) in [6.45, 7) is 6.45. The van der Waals surface area contributed by atoms with Crippen LogP contribution in [0.5, 0.6) is 0 Å². The average molecular weight is 702 g/mol. The Hall–Kier alpha value is -6.31. The number of hydrogen-bond acceptors (Lipinski definition) is 9. The first-order chi connectivity index (χ1) is 25.3. The van der Waals surface area contributed by atoms with Gasteiger partial charge in [0.05, 0.1) is 48.7 Å². The summed E-state index contributed by atoms with van der Waals surface area (Å²) >= 11 is 0.